The Morgan fingerprint density at radius 3 is 2.65 bits per heavy atom. The van der Waals surface area contributed by atoms with E-state index >= 15 is 0 Å². The average molecular weight is 330 g/mol. The zero-order chi connectivity index (χ0) is 16.2. The molecule has 0 saturated heterocycles. The quantitative estimate of drug-likeness (QED) is 0.614. The molecular weight excluding hydrogens is 311 g/mol. The molecule has 1 unspecified atom stereocenters. The van der Waals surface area contributed by atoms with E-state index in [4.69, 9.17) is 9.72 Å². The van der Waals surface area contributed by atoms with Crippen molar-refractivity contribution in [3.63, 3.8) is 0 Å². The molecule has 0 bridgehead atoms. The molecule has 1 aromatic heterocycles. The number of benzene rings is 2. The van der Waals surface area contributed by atoms with Crippen LogP contribution in [0.25, 0.3) is 11.0 Å². The van der Waals surface area contributed by atoms with Crippen molar-refractivity contribution in [2.75, 3.05) is 13.7 Å². The number of hydrogen-bond acceptors (Lipinski definition) is 3. The molecule has 2 aromatic carbocycles. The van der Waals surface area contributed by atoms with Crippen LogP contribution in [0.2, 0.25) is 0 Å². The first-order valence-corrected chi connectivity index (χ1v) is 8.43. The molecule has 0 aliphatic rings. The van der Waals surface area contributed by atoms with Crippen molar-refractivity contribution in [1.82, 2.24) is 9.55 Å². The van der Waals surface area contributed by atoms with Crippen LogP contribution in [-0.4, -0.2) is 23.3 Å². The summed E-state index contributed by atoms with van der Waals surface area (Å²) in [6, 6.07) is 14.8. The first kappa shape index (κ1) is 16.0. The molecule has 5 heteroatoms. The van der Waals surface area contributed by atoms with Gasteiger partial charge < -0.3 is 9.30 Å². The topological polar surface area (TPSA) is 27.1 Å². The van der Waals surface area contributed by atoms with E-state index in [9.17, 15) is 4.39 Å². The smallest absolute Gasteiger partial charge is 0.169 e. The molecule has 120 valence electrons. The number of rotatable bonds is 6. The largest absolute Gasteiger partial charge is 0.383 e. The summed E-state index contributed by atoms with van der Waals surface area (Å²) >= 11 is 1.68. The minimum Gasteiger partial charge on any atom is -0.383 e. The van der Waals surface area contributed by atoms with E-state index in [1.54, 1.807) is 18.9 Å². The number of imidazole rings is 1. The van der Waals surface area contributed by atoms with Crippen molar-refractivity contribution in [3.8, 4) is 0 Å². The van der Waals surface area contributed by atoms with Crippen LogP contribution in [0.1, 0.15) is 17.7 Å². The van der Waals surface area contributed by atoms with Crippen molar-refractivity contribution in [3.05, 3.63) is 59.9 Å². The molecule has 0 N–H and O–H groups in total. The highest BCUT2D eigenvalue weighted by Crippen LogP contribution is 2.35. The Balaban J connectivity index is 1.90. The standard InChI is InChI=1S/C18H19FN2OS/c1-13(14-7-9-15(19)10-8-14)23-18-20-16-5-3-4-6-17(16)21(18)11-12-22-2/h3-10,13H,11-12H2,1-2H3. The molecule has 3 nitrogen and oxygen atoms in total. The second-order valence-electron chi connectivity index (χ2n) is 5.34. The third kappa shape index (κ3) is 3.57. The van der Waals surface area contributed by atoms with Crippen molar-refractivity contribution < 1.29 is 9.13 Å². The van der Waals surface area contributed by atoms with E-state index in [1.807, 2.05) is 30.3 Å². The van der Waals surface area contributed by atoms with Gasteiger partial charge in [-0.15, -0.1) is 0 Å². The summed E-state index contributed by atoms with van der Waals surface area (Å²) in [6.07, 6.45) is 0. The number of fused-ring (bicyclic) bond motifs is 1. The van der Waals surface area contributed by atoms with E-state index in [0.717, 1.165) is 28.3 Å². The van der Waals surface area contributed by atoms with Gasteiger partial charge in [-0.25, -0.2) is 9.37 Å². The molecule has 0 radical (unpaired) electrons. The van der Waals surface area contributed by atoms with Gasteiger partial charge in [0, 0.05) is 18.9 Å². The number of hydrogen-bond donors (Lipinski definition) is 0. The highest BCUT2D eigenvalue weighted by Gasteiger charge is 2.15. The first-order chi connectivity index (χ1) is 11.2. The van der Waals surface area contributed by atoms with Crippen LogP contribution in [0.15, 0.2) is 53.7 Å². The normalized spacial score (nSPS) is 12.7. The van der Waals surface area contributed by atoms with Crippen LogP contribution in [0.4, 0.5) is 4.39 Å². The summed E-state index contributed by atoms with van der Waals surface area (Å²) in [5, 5.41) is 1.15. The minimum atomic E-state index is -0.210. The third-order valence-electron chi connectivity index (χ3n) is 3.76. The van der Waals surface area contributed by atoms with E-state index in [1.165, 1.54) is 12.1 Å². The average Bonchev–Trinajstić information content (AvgIpc) is 2.90. The van der Waals surface area contributed by atoms with E-state index in [2.05, 4.69) is 17.6 Å². The lowest BCUT2D eigenvalue weighted by Gasteiger charge is -2.13. The zero-order valence-electron chi connectivity index (χ0n) is 13.2. The Bertz CT molecular complexity index is 785. The van der Waals surface area contributed by atoms with Gasteiger partial charge in [0.05, 0.1) is 17.6 Å². The molecule has 1 atom stereocenters. The molecule has 23 heavy (non-hydrogen) atoms. The molecule has 0 fully saturated rings. The molecule has 1 heterocycles. The Kier molecular flexibility index (Phi) is 4.98. The summed E-state index contributed by atoms with van der Waals surface area (Å²) in [5.41, 5.74) is 3.18. The number of thioether (sulfide) groups is 1. The van der Waals surface area contributed by atoms with Gasteiger partial charge in [-0.2, -0.15) is 0 Å². The number of ether oxygens (including phenoxy) is 1. The summed E-state index contributed by atoms with van der Waals surface area (Å²) in [6.45, 7) is 3.51. The van der Waals surface area contributed by atoms with E-state index in [-0.39, 0.29) is 11.1 Å². The molecular formula is C18H19FN2OS. The van der Waals surface area contributed by atoms with Gasteiger partial charge in [0.2, 0.25) is 0 Å². The van der Waals surface area contributed by atoms with Crippen LogP contribution in [0.5, 0.6) is 0 Å². The molecule has 0 spiro atoms. The maximum atomic E-state index is 13.1. The summed E-state index contributed by atoms with van der Waals surface area (Å²) in [7, 11) is 1.70. The minimum absolute atomic E-state index is 0.189. The van der Waals surface area contributed by atoms with Gasteiger partial charge in [-0.1, -0.05) is 36.0 Å². The second-order valence-corrected chi connectivity index (χ2v) is 6.65. The fourth-order valence-corrected chi connectivity index (χ4v) is 3.58. The number of aromatic nitrogens is 2. The van der Waals surface area contributed by atoms with Crippen LogP contribution in [0.3, 0.4) is 0 Å². The van der Waals surface area contributed by atoms with Crippen LogP contribution in [-0.2, 0) is 11.3 Å². The Labute approximate surface area is 139 Å². The lowest BCUT2D eigenvalue weighted by atomic mass is 10.2. The predicted molar refractivity (Wildman–Crippen MR) is 92.3 cm³/mol. The Morgan fingerprint density at radius 1 is 1.17 bits per heavy atom. The van der Waals surface area contributed by atoms with Gasteiger partial charge in [0.15, 0.2) is 5.16 Å². The van der Waals surface area contributed by atoms with E-state index in [0.29, 0.717) is 6.61 Å². The number of halogens is 1. The molecule has 0 saturated carbocycles. The van der Waals surface area contributed by atoms with Crippen LogP contribution < -0.4 is 0 Å². The van der Waals surface area contributed by atoms with Crippen LogP contribution >= 0.6 is 11.8 Å². The monoisotopic (exact) mass is 330 g/mol. The number of nitrogens with zero attached hydrogens (tertiary/aromatic N) is 2. The molecule has 0 aliphatic carbocycles. The highest BCUT2D eigenvalue weighted by atomic mass is 32.2. The van der Waals surface area contributed by atoms with Gasteiger partial charge >= 0.3 is 0 Å². The van der Waals surface area contributed by atoms with Gasteiger partial charge in [-0.05, 0) is 36.8 Å². The third-order valence-corrected chi connectivity index (χ3v) is 4.91. The van der Waals surface area contributed by atoms with Crippen molar-refractivity contribution in [2.24, 2.45) is 0 Å². The van der Waals surface area contributed by atoms with Crippen molar-refractivity contribution in [1.29, 1.82) is 0 Å². The second kappa shape index (κ2) is 7.15. The highest BCUT2D eigenvalue weighted by molar-refractivity contribution is 7.99. The van der Waals surface area contributed by atoms with Crippen molar-refractivity contribution >= 4 is 22.8 Å². The molecule has 0 amide bonds. The van der Waals surface area contributed by atoms with Gasteiger partial charge in [-0.3, -0.25) is 0 Å². The lowest BCUT2D eigenvalue weighted by Crippen LogP contribution is -2.06. The predicted octanol–water partition coefficient (Wildman–Crippen LogP) is 4.68. The molecule has 3 aromatic rings. The summed E-state index contributed by atoms with van der Waals surface area (Å²) in [5.74, 6) is -0.210. The molecule has 3 rings (SSSR count). The number of methoxy groups -OCH3 is 1. The van der Waals surface area contributed by atoms with Crippen LogP contribution in [0, 0.1) is 5.82 Å². The Hall–Kier alpha value is -1.85. The maximum Gasteiger partial charge on any atom is 0.169 e. The fraction of sp³-hybridized carbons (Fsp3) is 0.278. The SMILES string of the molecule is COCCn1c(SC(C)c2ccc(F)cc2)nc2ccccc21. The molecule has 0 aliphatic heterocycles. The lowest BCUT2D eigenvalue weighted by molar-refractivity contribution is 0.186. The first-order valence-electron chi connectivity index (χ1n) is 7.55. The summed E-state index contributed by atoms with van der Waals surface area (Å²) in [4.78, 5) is 4.74. The number of para-hydroxylation sites is 2. The Morgan fingerprint density at radius 2 is 1.91 bits per heavy atom. The van der Waals surface area contributed by atoms with Gasteiger partial charge in [0.25, 0.3) is 0 Å². The zero-order valence-corrected chi connectivity index (χ0v) is 14.0. The van der Waals surface area contributed by atoms with Gasteiger partial charge in [0.1, 0.15) is 5.82 Å². The maximum absolute atomic E-state index is 13.1. The summed E-state index contributed by atoms with van der Waals surface area (Å²) < 4.78 is 20.5. The fourth-order valence-electron chi connectivity index (χ4n) is 2.50. The van der Waals surface area contributed by atoms with E-state index < -0.39 is 0 Å². The van der Waals surface area contributed by atoms with Crippen molar-refractivity contribution in [2.45, 2.75) is 23.9 Å².